The van der Waals surface area contributed by atoms with Crippen LogP contribution >= 0.6 is 0 Å². The van der Waals surface area contributed by atoms with Crippen LogP contribution in [0.1, 0.15) is 19.3 Å². The van der Waals surface area contributed by atoms with E-state index in [4.69, 9.17) is 5.73 Å². The van der Waals surface area contributed by atoms with Crippen molar-refractivity contribution in [1.29, 1.82) is 0 Å². The van der Waals surface area contributed by atoms with E-state index in [0.717, 1.165) is 25.8 Å². The minimum absolute atomic E-state index is 0.139. The van der Waals surface area contributed by atoms with E-state index in [1.807, 2.05) is 0 Å². The lowest BCUT2D eigenvalue weighted by Crippen LogP contribution is -2.48. The summed E-state index contributed by atoms with van der Waals surface area (Å²) in [5, 5.41) is 0. The number of nitrogens with zero attached hydrogens (tertiary/aromatic N) is 1. The average molecular weight is 200 g/mol. The zero-order valence-corrected chi connectivity index (χ0v) is 8.36. The smallest absolute Gasteiger partial charge is 0.323 e. The van der Waals surface area contributed by atoms with E-state index in [1.165, 1.54) is 7.11 Å². The van der Waals surface area contributed by atoms with Gasteiger partial charge in [-0.2, -0.15) is 0 Å². The molecule has 0 radical (unpaired) electrons. The molecule has 1 unspecified atom stereocenters. The molecule has 1 fully saturated rings. The number of hydrogen-bond acceptors (Lipinski definition) is 4. The summed E-state index contributed by atoms with van der Waals surface area (Å²) in [4.78, 5) is 23.9. The molecule has 2 N–H and O–H groups in total. The SMILES string of the molecule is COC(=O)C1CCCCN1CC(N)=O. The summed E-state index contributed by atoms with van der Waals surface area (Å²) >= 11 is 0. The molecule has 1 amide bonds. The van der Waals surface area contributed by atoms with Gasteiger partial charge in [0.05, 0.1) is 13.7 Å². The van der Waals surface area contributed by atoms with Crippen LogP contribution in [0.3, 0.4) is 0 Å². The van der Waals surface area contributed by atoms with Gasteiger partial charge in [-0.05, 0) is 19.4 Å². The Kier molecular flexibility index (Phi) is 3.88. The standard InChI is InChI=1S/C9H16N2O3/c1-14-9(13)7-4-2-3-5-11(7)6-8(10)12/h7H,2-6H2,1H3,(H2,10,12). The summed E-state index contributed by atoms with van der Waals surface area (Å²) in [5.74, 6) is -0.674. The van der Waals surface area contributed by atoms with Crippen LogP contribution in [0.2, 0.25) is 0 Å². The molecule has 0 aliphatic carbocycles. The highest BCUT2D eigenvalue weighted by molar-refractivity contribution is 5.79. The molecule has 0 aromatic carbocycles. The van der Waals surface area contributed by atoms with Crippen molar-refractivity contribution >= 4 is 11.9 Å². The summed E-state index contributed by atoms with van der Waals surface area (Å²) in [7, 11) is 1.36. The molecule has 1 aliphatic heterocycles. The number of ether oxygens (including phenoxy) is 1. The van der Waals surface area contributed by atoms with Crippen molar-refractivity contribution in [3.05, 3.63) is 0 Å². The van der Waals surface area contributed by atoms with Gasteiger partial charge in [0.2, 0.25) is 5.91 Å². The fraction of sp³-hybridized carbons (Fsp3) is 0.778. The first-order valence-corrected chi connectivity index (χ1v) is 4.75. The maximum absolute atomic E-state index is 11.3. The van der Waals surface area contributed by atoms with Crippen molar-refractivity contribution in [2.45, 2.75) is 25.3 Å². The topological polar surface area (TPSA) is 72.6 Å². The van der Waals surface area contributed by atoms with Crippen molar-refractivity contribution in [1.82, 2.24) is 4.90 Å². The number of esters is 1. The molecule has 1 aliphatic rings. The van der Waals surface area contributed by atoms with E-state index in [0.29, 0.717) is 0 Å². The first-order valence-electron chi connectivity index (χ1n) is 4.75. The quantitative estimate of drug-likeness (QED) is 0.623. The third kappa shape index (κ3) is 2.70. The maximum Gasteiger partial charge on any atom is 0.323 e. The zero-order valence-electron chi connectivity index (χ0n) is 8.36. The molecule has 80 valence electrons. The maximum atomic E-state index is 11.3. The van der Waals surface area contributed by atoms with Gasteiger partial charge in [0.1, 0.15) is 6.04 Å². The van der Waals surface area contributed by atoms with Crippen LogP contribution in [0, 0.1) is 0 Å². The molecule has 0 spiro atoms. The predicted molar refractivity (Wildman–Crippen MR) is 50.4 cm³/mol. The third-order valence-electron chi connectivity index (χ3n) is 2.45. The van der Waals surface area contributed by atoms with E-state index < -0.39 is 5.91 Å². The lowest BCUT2D eigenvalue weighted by molar-refractivity contribution is -0.148. The molecular weight excluding hydrogens is 184 g/mol. The van der Waals surface area contributed by atoms with Crippen LogP contribution < -0.4 is 5.73 Å². The first kappa shape index (κ1) is 11.0. The number of piperidine rings is 1. The highest BCUT2D eigenvalue weighted by Crippen LogP contribution is 2.17. The third-order valence-corrected chi connectivity index (χ3v) is 2.45. The molecule has 1 saturated heterocycles. The molecule has 1 rings (SSSR count). The van der Waals surface area contributed by atoms with Gasteiger partial charge in [-0.1, -0.05) is 6.42 Å². The molecule has 0 saturated carbocycles. The van der Waals surface area contributed by atoms with Gasteiger partial charge in [0.25, 0.3) is 0 Å². The lowest BCUT2D eigenvalue weighted by Gasteiger charge is -2.32. The van der Waals surface area contributed by atoms with Crippen LogP contribution in [0.5, 0.6) is 0 Å². The van der Waals surface area contributed by atoms with Crippen LogP contribution in [0.4, 0.5) is 0 Å². The Balaban J connectivity index is 2.58. The number of rotatable bonds is 3. The molecule has 5 heteroatoms. The van der Waals surface area contributed by atoms with Crippen molar-refractivity contribution in [3.63, 3.8) is 0 Å². The fourth-order valence-corrected chi connectivity index (χ4v) is 1.78. The van der Waals surface area contributed by atoms with Crippen molar-refractivity contribution in [3.8, 4) is 0 Å². The fourth-order valence-electron chi connectivity index (χ4n) is 1.78. The number of hydrogen-bond donors (Lipinski definition) is 1. The molecule has 14 heavy (non-hydrogen) atoms. The van der Waals surface area contributed by atoms with E-state index in [1.54, 1.807) is 4.90 Å². The van der Waals surface area contributed by atoms with Crippen molar-refractivity contribution in [2.75, 3.05) is 20.2 Å². The monoisotopic (exact) mass is 200 g/mol. The molecule has 1 heterocycles. The normalized spacial score (nSPS) is 23.1. The van der Waals surface area contributed by atoms with E-state index >= 15 is 0 Å². The van der Waals surface area contributed by atoms with Crippen molar-refractivity contribution < 1.29 is 14.3 Å². The van der Waals surface area contributed by atoms with Crippen LogP contribution in [-0.2, 0) is 14.3 Å². The summed E-state index contributed by atoms with van der Waals surface area (Å²) in [6, 6.07) is -0.291. The molecular formula is C9H16N2O3. The Bertz CT molecular complexity index is 230. The second-order valence-corrected chi connectivity index (χ2v) is 3.47. The lowest BCUT2D eigenvalue weighted by atomic mass is 10.0. The highest BCUT2D eigenvalue weighted by atomic mass is 16.5. The highest BCUT2D eigenvalue weighted by Gasteiger charge is 2.29. The number of carbonyl (C=O) groups excluding carboxylic acids is 2. The largest absolute Gasteiger partial charge is 0.468 e. The molecule has 5 nitrogen and oxygen atoms in total. The Labute approximate surface area is 83.2 Å². The number of carbonyl (C=O) groups is 2. The summed E-state index contributed by atoms with van der Waals surface area (Å²) < 4.78 is 4.67. The predicted octanol–water partition coefficient (Wildman–Crippen LogP) is -0.501. The van der Waals surface area contributed by atoms with Crippen molar-refractivity contribution in [2.24, 2.45) is 5.73 Å². The van der Waals surface area contributed by atoms with Gasteiger partial charge in [0.15, 0.2) is 0 Å². The van der Waals surface area contributed by atoms with Gasteiger partial charge in [0, 0.05) is 0 Å². The number of methoxy groups -OCH3 is 1. The van der Waals surface area contributed by atoms with Gasteiger partial charge < -0.3 is 10.5 Å². The van der Waals surface area contributed by atoms with Crippen LogP contribution in [0.15, 0.2) is 0 Å². The Morgan fingerprint density at radius 3 is 2.79 bits per heavy atom. The van der Waals surface area contributed by atoms with E-state index in [2.05, 4.69) is 4.74 Å². The number of primary amides is 1. The van der Waals surface area contributed by atoms with Gasteiger partial charge in [-0.15, -0.1) is 0 Å². The first-order chi connectivity index (χ1) is 6.65. The average Bonchev–Trinajstić information content (AvgIpc) is 2.16. The van der Waals surface area contributed by atoms with E-state index in [-0.39, 0.29) is 18.6 Å². The van der Waals surface area contributed by atoms with Gasteiger partial charge in [-0.3, -0.25) is 14.5 Å². The summed E-state index contributed by atoms with van der Waals surface area (Å²) in [5.41, 5.74) is 5.09. The number of likely N-dealkylation sites (tertiary alicyclic amines) is 1. The minimum Gasteiger partial charge on any atom is -0.468 e. The molecule has 0 bridgehead atoms. The number of amides is 1. The van der Waals surface area contributed by atoms with Crippen LogP contribution in [0.25, 0.3) is 0 Å². The number of nitrogens with two attached hydrogens (primary N) is 1. The molecule has 0 aromatic heterocycles. The summed E-state index contributed by atoms with van der Waals surface area (Å²) in [6.45, 7) is 0.877. The Morgan fingerprint density at radius 1 is 1.50 bits per heavy atom. The van der Waals surface area contributed by atoms with Gasteiger partial charge >= 0.3 is 5.97 Å². The molecule has 1 atom stereocenters. The minimum atomic E-state index is -0.402. The van der Waals surface area contributed by atoms with E-state index in [9.17, 15) is 9.59 Å². The Hall–Kier alpha value is -1.10. The zero-order chi connectivity index (χ0) is 10.6. The van der Waals surface area contributed by atoms with Gasteiger partial charge in [-0.25, -0.2) is 0 Å². The second kappa shape index (κ2) is 4.95. The molecule has 0 aromatic rings. The summed E-state index contributed by atoms with van der Waals surface area (Å²) in [6.07, 6.45) is 2.75. The second-order valence-electron chi connectivity index (χ2n) is 3.47. The Morgan fingerprint density at radius 2 is 2.21 bits per heavy atom. The van der Waals surface area contributed by atoms with Crippen LogP contribution in [-0.4, -0.2) is 43.0 Å².